The maximum Gasteiger partial charge on any atom is 0.261 e. The van der Waals surface area contributed by atoms with Crippen LogP contribution in [0.25, 0.3) is 0 Å². The van der Waals surface area contributed by atoms with Crippen LogP contribution in [0.2, 0.25) is 0 Å². The van der Waals surface area contributed by atoms with Crippen LogP contribution in [-0.2, 0) is 26.8 Å². The third-order valence-electron chi connectivity index (χ3n) is 3.50. The standard InChI is InChI=1S/C14H18ClNO3S/c1-10(2)14(17)16-7-3-4-11-8-13(20(15,18)19)6-5-12(11)9-16/h5-6,8,10H,3-4,7,9H2,1-2H3. The number of nitrogens with zero attached hydrogens (tertiary/aromatic N) is 1. The highest BCUT2D eigenvalue weighted by Gasteiger charge is 2.22. The molecule has 0 radical (unpaired) electrons. The van der Waals surface area contributed by atoms with Gasteiger partial charge in [-0.05, 0) is 36.1 Å². The van der Waals surface area contributed by atoms with Crippen LogP contribution in [0.5, 0.6) is 0 Å². The number of aryl methyl sites for hydroxylation is 1. The molecule has 0 fully saturated rings. The first kappa shape index (κ1) is 15.3. The Balaban J connectivity index is 2.32. The molecule has 1 aromatic carbocycles. The minimum atomic E-state index is -3.70. The van der Waals surface area contributed by atoms with Crippen LogP contribution in [0.1, 0.15) is 31.4 Å². The molecule has 0 aliphatic carbocycles. The molecule has 4 nitrogen and oxygen atoms in total. The van der Waals surface area contributed by atoms with E-state index >= 15 is 0 Å². The molecule has 0 unspecified atom stereocenters. The molecule has 20 heavy (non-hydrogen) atoms. The Morgan fingerprint density at radius 2 is 2.00 bits per heavy atom. The van der Waals surface area contributed by atoms with Gasteiger partial charge in [-0.3, -0.25) is 4.79 Å². The Hall–Kier alpha value is -1.07. The average Bonchev–Trinajstić information content (AvgIpc) is 2.57. The molecule has 0 aromatic heterocycles. The van der Waals surface area contributed by atoms with Crippen molar-refractivity contribution < 1.29 is 13.2 Å². The predicted molar refractivity (Wildman–Crippen MR) is 78.1 cm³/mol. The van der Waals surface area contributed by atoms with E-state index in [0.717, 1.165) is 24.0 Å². The second kappa shape index (κ2) is 5.74. The number of halogens is 1. The summed E-state index contributed by atoms with van der Waals surface area (Å²) in [6.45, 7) is 5.01. The quantitative estimate of drug-likeness (QED) is 0.788. The van der Waals surface area contributed by atoms with Gasteiger partial charge in [0.1, 0.15) is 0 Å². The second-order valence-corrected chi connectivity index (χ2v) is 7.95. The van der Waals surface area contributed by atoms with Gasteiger partial charge in [0.2, 0.25) is 5.91 Å². The molecule has 0 N–H and O–H groups in total. The van der Waals surface area contributed by atoms with Crippen LogP contribution in [0.3, 0.4) is 0 Å². The molecule has 6 heteroatoms. The van der Waals surface area contributed by atoms with E-state index in [2.05, 4.69) is 0 Å². The third kappa shape index (κ3) is 3.33. The van der Waals surface area contributed by atoms with Crippen molar-refractivity contribution in [1.29, 1.82) is 0 Å². The van der Waals surface area contributed by atoms with Gasteiger partial charge in [0.05, 0.1) is 4.90 Å². The molecule has 1 aliphatic heterocycles. The number of hydrogen-bond acceptors (Lipinski definition) is 3. The van der Waals surface area contributed by atoms with Gasteiger partial charge in [0, 0.05) is 29.7 Å². The highest BCUT2D eigenvalue weighted by molar-refractivity contribution is 8.13. The van der Waals surface area contributed by atoms with Crippen molar-refractivity contribution in [3.05, 3.63) is 29.3 Å². The molecule has 2 rings (SSSR count). The zero-order chi connectivity index (χ0) is 14.9. The first-order valence-corrected chi connectivity index (χ1v) is 8.95. The Labute approximate surface area is 124 Å². The van der Waals surface area contributed by atoms with Gasteiger partial charge in [-0.15, -0.1) is 0 Å². The molecular formula is C14H18ClNO3S. The fourth-order valence-electron chi connectivity index (χ4n) is 2.44. The smallest absolute Gasteiger partial charge is 0.261 e. The fraction of sp³-hybridized carbons (Fsp3) is 0.500. The maximum atomic E-state index is 12.1. The van der Waals surface area contributed by atoms with Gasteiger partial charge < -0.3 is 4.90 Å². The summed E-state index contributed by atoms with van der Waals surface area (Å²) in [6, 6.07) is 4.89. The minimum Gasteiger partial charge on any atom is -0.338 e. The van der Waals surface area contributed by atoms with E-state index in [4.69, 9.17) is 10.7 Å². The fourth-order valence-corrected chi connectivity index (χ4v) is 3.24. The number of carbonyl (C=O) groups excluding carboxylic acids is 1. The molecule has 1 amide bonds. The lowest BCUT2D eigenvalue weighted by Gasteiger charge is -2.23. The van der Waals surface area contributed by atoms with Crippen LogP contribution >= 0.6 is 10.7 Å². The number of carbonyl (C=O) groups is 1. The van der Waals surface area contributed by atoms with Crippen LogP contribution in [0, 0.1) is 5.92 Å². The average molecular weight is 316 g/mol. The van der Waals surface area contributed by atoms with E-state index in [9.17, 15) is 13.2 Å². The summed E-state index contributed by atoms with van der Waals surface area (Å²) < 4.78 is 22.7. The predicted octanol–water partition coefficient (Wildman–Crippen LogP) is 2.54. The van der Waals surface area contributed by atoms with Gasteiger partial charge in [0.25, 0.3) is 9.05 Å². The van der Waals surface area contributed by atoms with Crippen molar-refractivity contribution in [2.45, 2.75) is 38.1 Å². The lowest BCUT2D eigenvalue weighted by atomic mass is 10.0. The molecule has 110 valence electrons. The van der Waals surface area contributed by atoms with Gasteiger partial charge >= 0.3 is 0 Å². The molecule has 0 spiro atoms. The number of fused-ring (bicyclic) bond motifs is 1. The summed E-state index contributed by atoms with van der Waals surface area (Å²) in [5.74, 6) is 0.103. The summed E-state index contributed by atoms with van der Waals surface area (Å²) in [5.41, 5.74) is 1.96. The third-order valence-corrected chi connectivity index (χ3v) is 4.85. The highest BCUT2D eigenvalue weighted by Crippen LogP contribution is 2.24. The Morgan fingerprint density at radius 3 is 2.60 bits per heavy atom. The summed E-state index contributed by atoms with van der Waals surface area (Å²) in [4.78, 5) is 14.1. The van der Waals surface area contributed by atoms with Crippen LogP contribution in [-0.4, -0.2) is 25.8 Å². The lowest BCUT2D eigenvalue weighted by molar-refractivity contribution is -0.135. The minimum absolute atomic E-state index is 0.0287. The van der Waals surface area contributed by atoms with Crippen molar-refractivity contribution in [2.75, 3.05) is 6.54 Å². The van der Waals surface area contributed by atoms with Gasteiger partial charge in [-0.25, -0.2) is 8.42 Å². The summed E-state index contributed by atoms with van der Waals surface area (Å²) in [7, 11) is 1.67. The van der Waals surface area contributed by atoms with E-state index in [1.54, 1.807) is 12.1 Å². The monoisotopic (exact) mass is 315 g/mol. The molecule has 0 saturated heterocycles. The van der Waals surface area contributed by atoms with E-state index in [-0.39, 0.29) is 16.7 Å². The molecule has 1 aliphatic rings. The van der Waals surface area contributed by atoms with Crippen molar-refractivity contribution in [3.8, 4) is 0 Å². The zero-order valence-electron chi connectivity index (χ0n) is 11.6. The number of hydrogen-bond donors (Lipinski definition) is 0. The SMILES string of the molecule is CC(C)C(=O)N1CCCc2cc(S(=O)(=O)Cl)ccc2C1. The number of amides is 1. The Bertz CT molecular complexity index is 625. The molecule has 1 heterocycles. The van der Waals surface area contributed by atoms with E-state index < -0.39 is 9.05 Å². The van der Waals surface area contributed by atoms with Gasteiger partial charge in [0.15, 0.2) is 0 Å². The Morgan fingerprint density at radius 1 is 1.30 bits per heavy atom. The van der Waals surface area contributed by atoms with E-state index in [1.165, 1.54) is 6.07 Å². The van der Waals surface area contributed by atoms with Crippen LogP contribution < -0.4 is 0 Å². The van der Waals surface area contributed by atoms with Crippen molar-refractivity contribution in [3.63, 3.8) is 0 Å². The molecule has 1 aromatic rings. The van der Waals surface area contributed by atoms with Crippen LogP contribution in [0.4, 0.5) is 0 Å². The summed E-state index contributed by atoms with van der Waals surface area (Å²) in [6.07, 6.45) is 1.59. The van der Waals surface area contributed by atoms with Crippen molar-refractivity contribution in [2.24, 2.45) is 5.92 Å². The molecule has 0 atom stereocenters. The van der Waals surface area contributed by atoms with Crippen molar-refractivity contribution >= 4 is 25.6 Å². The largest absolute Gasteiger partial charge is 0.338 e. The van der Waals surface area contributed by atoms with Gasteiger partial charge in [-0.2, -0.15) is 0 Å². The lowest BCUT2D eigenvalue weighted by Crippen LogP contribution is -2.33. The van der Waals surface area contributed by atoms with E-state index in [1.807, 2.05) is 18.7 Å². The first-order valence-electron chi connectivity index (χ1n) is 6.64. The summed E-state index contributed by atoms with van der Waals surface area (Å²) in [5, 5.41) is 0. The van der Waals surface area contributed by atoms with Gasteiger partial charge in [-0.1, -0.05) is 19.9 Å². The van der Waals surface area contributed by atoms with Crippen molar-refractivity contribution in [1.82, 2.24) is 4.90 Å². The van der Waals surface area contributed by atoms with Crippen LogP contribution in [0.15, 0.2) is 23.1 Å². The number of benzene rings is 1. The zero-order valence-corrected chi connectivity index (χ0v) is 13.2. The Kier molecular flexibility index (Phi) is 4.39. The second-order valence-electron chi connectivity index (χ2n) is 5.39. The highest BCUT2D eigenvalue weighted by atomic mass is 35.7. The molecular weight excluding hydrogens is 298 g/mol. The van der Waals surface area contributed by atoms with E-state index in [0.29, 0.717) is 13.1 Å². The number of rotatable bonds is 2. The normalized spacial score (nSPS) is 15.9. The molecule has 0 saturated carbocycles. The topological polar surface area (TPSA) is 54.5 Å². The summed E-state index contributed by atoms with van der Waals surface area (Å²) >= 11 is 0. The molecule has 0 bridgehead atoms. The maximum absolute atomic E-state index is 12.1. The first-order chi connectivity index (χ1) is 9.29.